The summed E-state index contributed by atoms with van der Waals surface area (Å²) in [6, 6.07) is 5.89. The quantitative estimate of drug-likeness (QED) is 0.389. The first kappa shape index (κ1) is 20.9. The van der Waals surface area contributed by atoms with Gasteiger partial charge in [0.05, 0.1) is 44.7 Å². The van der Waals surface area contributed by atoms with Crippen molar-refractivity contribution in [3.05, 3.63) is 56.9 Å². The van der Waals surface area contributed by atoms with Crippen LogP contribution in [-0.4, -0.2) is 38.8 Å². The Morgan fingerprint density at radius 2 is 1.83 bits per heavy atom. The summed E-state index contributed by atoms with van der Waals surface area (Å²) in [7, 11) is 4.79. The maximum Gasteiger partial charge on any atom is 0.206 e. The summed E-state index contributed by atoms with van der Waals surface area (Å²) in [5.41, 5.74) is 2.95. The van der Waals surface area contributed by atoms with Crippen molar-refractivity contribution in [3.63, 3.8) is 0 Å². The van der Waals surface area contributed by atoms with Gasteiger partial charge in [0, 0.05) is 10.9 Å². The molecule has 0 spiro atoms. The standard InChI is InChI=1S/C21H23N3O3S2/c1-6-8-22-21-24(23-12-19-14(2)7-9-28-19)16(13-29-21)15-10-17(25-3)20(27-5)18(11-15)26-4/h6-7,9-13H,1,8H2,2-5H3. The van der Waals surface area contributed by atoms with Crippen LogP contribution in [0.1, 0.15) is 10.4 Å². The first-order valence-electron chi connectivity index (χ1n) is 8.83. The van der Waals surface area contributed by atoms with Crippen LogP contribution in [0, 0.1) is 6.92 Å². The molecule has 6 nitrogen and oxygen atoms in total. The molecule has 152 valence electrons. The topological polar surface area (TPSA) is 57.3 Å². The SMILES string of the molecule is C=CCN=c1scc(-c2cc(OC)c(OC)c(OC)c2)n1N=Cc1sccc1C. The second-order valence-corrected chi connectivity index (χ2v) is 7.76. The second-order valence-electron chi connectivity index (χ2n) is 5.97. The minimum Gasteiger partial charge on any atom is -0.493 e. The van der Waals surface area contributed by atoms with E-state index in [1.807, 2.05) is 28.4 Å². The molecule has 0 aliphatic rings. The molecule has 3 aromatic rings. The first-order valence-corrected chi connectivity index (χ1v) is 10.6. The lowest BCUT2D eigenvalue weighted by Gasteiger charge is -2.14. The van der Waals surface area contributed by atoms with Gasteiger partial charge < -0.3 is 14.2 Å². The van der Waals surface area contributed by atoms with Gasteiger partial charge in [0.15, 0.2) is 11.5 Å². The molecule has 2 aromatic heterocycles. The Morgan fingerprint density at radius 3 is 2.38 bits per heavy atom. The van der Waals surface area contributed by atoms with E-state index in [-0.39, 0.29) is 0 Å². The minimum absolute atomic E-state index is 0.517. The molecule has 2 heterocycles. The summed E-state index contributed by atoms with van der Waals surface area (Å²) in [6.45, 7) is 6.34. The van der Waals surface area contributed by atoms with Crippen molar-refractivity contribution in [1.29, 1.82) is 0 Å². The van der Waals surface area contributed by atoms with Gasteiger partial charge in [-0.25, -0.2) is 4.68 Å². The number of aromatic nitrogens is 1. The Hall–Kier alpha value is -2.84. The Bertz CT molecular complexity index is 1070. The lowest BCUT2D eigenvalue weighted by molar-refractivity contribution is 0.324. The molecule has 8 heteroatoms. The molecule has 1 aromatic carbocycles. The fourth-order valence-corrected chi connectivity index (χ4v) is 4.34. The molecule has 29 heavy (non-hydrogen) atoms. The highest BCUT2D eigenvalue weighted by molar-refractivity contribution is 7.11. The molecule has 0 radical (unpaired) electrons. The third-order valence-corrected chi connectivity index (χ3v) is 6.00. The van der Waals surface area contributed by atoms with Crippen LogP contribution < -0.4 is 19.0 Å². The number of nitrogens with zero attached hydrogens (tertiary/aromatic N) is 3. The average molecular weight is 430 g/mol. The van der Waals surface area contributed by atoms with Gasteiger partial charge >= 0.3 is 0 Å². The molecule has 0 aliphatic carbocycles. The highest BCUT2D eigenvalue weighted by Gasteiger charge is 2.17. The molecule has 0 amide bonds. The van der Waals surface area contributed by atoms with Crippen LogP contribution >= 0.6 is 22.7 Å². The molecule has 3 rings (SSSR count). The second kappa shape index (κ2) is 9.58. The van der Waals surface area contributed by atoms with Crippen molar-refractivity contribution in [1.82, 2.24) is 4.68 Å². The molecule has 0 saturated carbocycles. The molecular formula is C21H23N3O3S2. The van der Waals surface area contributed by atoms with Crippen molar-refractivity contribution >= 4 is 28.9 Å². The third-order valence-electron chi connectivity index (χ3n) is 4.19. The average Bonchev–Trinajstić information content (AvgIpc) is 3.34. The lowest BCUT2D eigenvalue weighted by Crippen LogP contribution is -2.12. The number of thiazole rings is 1. The van der Waals surface area contributed by atoms with E-state index in [1.54, 1.807) is 38.7 Å². The van der Waals surface area contributed by atoms with Crippen molar-refractivity contribution in [3.8, 4) is 28.5 Å². The van der Waals surface area contributed by atoms with Crippen molar-refractivity contribution in [2.45, 2.75) is 6.92 Å². The molecular weight excluding hydrogens is 406 g/mol. The van der Waals surface area contributed by atoms with E-state index in [1.165, 1.54) is 16.9 Å². The number of methoxy groups -OCH3 is 3. The van der Waals surface area contributed by atoms with E-state index in [2.05, 4.69) is 29.9 Å². The fourth-order valence-electron chi connectivity index (χ4n) is 2.72. The van der Waals surface area contributed by atoms with Gasteiger partial charge in [-0.1, -0.05) is 6.08 Å². The van der Waals surface area contributed by atoms with E-state index >= 15 is 0 Å². The molecule has 0 atom stereocenters. The van der Waals surface area contributed by atoms with Crippen molar-refractivity contribution in [2.24, 2.45) is 10.1 Å². The van der Waals surface area contributed by atoms with E-state index < -0.39 is 0 Å². The van der Waals surface area contributed by atoms with Crippen molar-refractivity contribution < 1.29 is 14.2 Å². The van der Waals surface area contributed by atoms with Gasteiger partial charge in [0.1, 0.15) is 0 Å². The van der Waals surface area contributed by atoms with Gasteiger partial charge in [-0.3, -0.25) is 4.99 Å². The van der Waals surface area contributed by atoms with E-state index in [0.717, 1.165) is 20.9 Å². The molecule has 0 saturated heterocycles. The van der Waals surface area contributed by atoms with Gasteiger partial charge in [0.25, 0.3) is 0 Å². The smallest absolute Gasteiger partial charge is 0.206 e. The minimum atomic E-state index is 0.517. The largest absolute Gasteiger partial charge is 0.493 e. The Morgan fingerprint density at radius 1 is 1.10 bits per heavy atom. The molecule has 0 unspecified atom stereocenters. The van der Waals surface area contributed by atoms with Gasteiger partial charge in [-0.05, 0) is 36.1 Å². The maximum absolute atomic E-state index is 5.50. The number of ether oxygens (including phenoxy) is 3. The number of hydrogen-bond donors (Lipinski definition) is 0. The summed E-state index contributed by atoms with van der Waals surface area (Å²) in [6.07, 6.45) is 3.62. The normalized spacial score (nSPS) is 11.8. The van der Waals surface area contributed by atoms with E-state index in [9.17, 15) is 0 Å². The molecule has 0 fully saturated rings. The van der Waals surface area contributed by atoms with E-state index in [4.69, 9.17) is 19.3 Å². The molecule has 0 aliphatic heterocycles. The monoisotopic (exact) mass is 429 g/mol. The van der Waals surface area contributed by atoms with Gasteiger partial charge in [-0.2, -0.15) is 5.10 Å². The molecule has 0 bridgehead atoms. The summed E-state index contributed by atoms with van der Waals surface area (Å²) in [5.74, 6) is 1.72. The van der Waals surface area contributed by atoms with Gasteiger partial charge in [0.2, 0.25) is 10.6 Å². The summed E-state index contributed by atoms with van der Waals surface area (Å²) < 4.78 is 18.3. The van der Waals surface area contributed by atoms with Crippen molar-refractivity contribution in [2.75, 3.05) is 27.9 Å². The number of thiophene rings is 1. The van der Waals surface area contributed by atoms with Crippen LogP contribution in [-0.2, 0) is 0 Å². The summed E-state index contributed by atoms with van der Waals surface area (Å²) in [4.78, 5) is 6.46. The van der Waals surface area contributed by atoms with Crippen LogP contribution in [0.4, 0.5) is 0 Å². The summed E-state index contributed by atoms with van der Waals surface area (Å²) >= 11 is 3.17. The Labute approximate surface area is 178 Å². The van der Waals surface area contributed by atoms with E-state index in [0.29, 0.717) is 23.8 Å². The third kappa shape index (κ3) is 4.44. The lowest BCUT2D eigenvalue weighted by atomic mass is 10.1. The predicted octanol–water partition coefficient (Wildman–Crippen LogP) is 4.58. The summed E-state index contributed by atoms with van der Waals surface area (Å²) in [5, 5.41) is 8.79. The number of hydrogen-bond acceptors (Lipinski definition) is 7. The zero-order valence-electron chi connectivity index (χ0n) is 16.8. The Kier molecular flexibility index (Phi) is 6.90. The zero-order valence-corrected chi connectivity index (χ0v) is 18.5. The van der Waals surface area contributed by atoms with Crippen LogP contribution in [0.3, 0.4) is 0 Å². The highest BCUT2D eigenvalue weighted by atomic mass is 32.1. The Balaban J connectivity index is 2.17. The highest BCUT2D eigenvalue weighted by Crippen LogP contribution is 2.41. The first-order chi connectivity index (χ1) is 14.1. The van der Waals surface area contributed by atoms with Gasteiger partial charge in [-0.15, -0.1) is 29.3 Å². The molecule has 0 N–H and O–H groups in total. The predicted molar refractivity (Wildman–Crippen MR) is 120 cm³/mol. The number of aryl methyl sites for hydroxylation is 1. The number of rotatable bonds is 8. The van der Waals surface area contributed by atoms with Crippen LogP contribution in [0.5, 0.6) is 17.2 Å². The van der Waals surface area contributed by atoms with Crippen LogP contribution in [0.25, 0.3) is 11.3 Å². The van der Waals surface area contributed by atoms with Crippen LogP contribution in [0.2, 0.25) is 0 Å². The number of benzene rings is 1. The van der Waals surface area contributed by atoms with Crippen LogP contribution in [0.15, 0.2) is 51.7 Å². The fraction of sp³-hybridized carbons (Fsp3) is 0.238. The maximum atomic E-state index is 5.50. The zero-order chi connectivity index (χ0) is 20.8.